The van der Waals surface area contributed by atoms with Crippen molar-refractivity contribution in [1.82, 2.24) is 10.3 Å². The lowest BCUT2D eigenvalue weighted by Gasteiger charge is -2.06. The number of carbonyl (C=O) groups is 1. The molecule has 2 rings (SSSR count). The van der Waals surface area contributed by atoms with Crippen molar-refractivity contribution in [3.63, 3.8) is 0 Å². The Morgan fingerprint density at radius 3 is 2.68 bits per heavy atom. The number of hydrogen-bond acceptors (Lipinski definition) is 3. The van der Waals surface area contributed by atoms with Gasteiger partial charge in [0.2, 0.25) is 0 Å². The second-order valence-electron chi connectivity index (χ2n) is 4.65. The van der Waals surface area contributed by atoms with Gasteiger partial charge in [-0.05, 0) is 44.0 Å². The molecule has 4 heteroatoms. The summed E-state index contributed by atoms with van der Waals surface area (Å²) in [4.78, 5) is 17.4. The Bertz CT molecular complexity index is 590. The quantitative estimate of drug-likeness (QED) is 0.931. The maximum Gasteiger partial charge on any atom is 0.251 e. The molecule has 1 aromatic heterocycles. The van der Waals surface area contributed by atoms with E-state index in [1.807, 2.05) is 45.2 Å². The molecular weight excluding hydrogens is 256 g/mol. The predicted octanol–water partition coefficient (Wildman–Crippen LogP) is 3.04. The third-order valence-electron chi connectivity index (χ3n) is 3.10. The highest BCUT2D eigenvalue weighted by Gasteiger charge is 2.06. The minimum absolute atomic E-state index is 0.00987. The van der Waals surface area contributed by atoms with Crippen LogP contribution in [0, 0.1) is 20.8 Å². The first-order valence-corrected chi connectivity index (χ1v) is 7.14. The van der Waals surface area contributed by atoms with Crippen LogP contribution in [-0.4, -0.2) is 17.4 Å². The Hall–Kier alpha value is -1.68. The van der Waals surface area contributed by atoms with Crippen LogP contribution in [0.15, 0.2) is 24.4 Å². The van der Waals surface area contributed by atoms with E-state index in [-0.39, 0.29) is 5.91 Å². The van der Waals surface area contributed by atoms with E-state index in [0.717, 1.165) is 22.6 Å². The number of amides is 1. The van der Waals surface area contributed by atoms with Gasteiger partial charge in [-0.3, -0.25) is 4.79 Å². The van der Waals surface area contributed by atoms with Gasteiger partial charge in [-0.15, -0.1) is 11.3 Å². The molecule has 0 saturated heterocycles. The maximum absolute atomic E-state index is 12.0. The number of nitrogens with zero attached hydrogens (tertiary/aromatic N) is 1. The molecule has 0 aliphatic rings. The third-order valence-corrected chi connectivity index (χ3v) is 4.07. The van der Waals surface area contributed by atoms with Crippen LogP contribution in [0.25, 0.3) is 0 Å². The van der Waals surface area contributed by atoms with Crippen LogP contribution in [0.4, 0.5) is 0 Å². The van der Waals surface area contributed by atoms with Gasteiger partial charge in [0.15, 0.2) is 0 Å². The minimum atomic E-state index is -0.00987. The molecule has 1 N–H and O–H groups in total. The Morgan fingerprint density at radius 1 is 1.26 bits per heavy atom. The monoisotopic (exact) mass is 274 g/mol. The second-order valence-corrected chi connectivity index (χ2v) is 5.97. The Morgan fingerprint density at radius 2 is 2.05 bits per heavy atom. The van der Waals surface area contributed by atoms with Crippen molar-refractivity contribution in [2.24, 2.45) is 0 Å². The van der Waals surface area contributed by atoms with E-state index in [0.29, 0.717) is 6.54 Å². The lowest BCUT2D eigenvalue weighted by Crippen LogP contribution is -2.25. The molecule has 0 fully saturated rings. The van der Waals surface area contributed by atoms with Crippen molar-refractivity contribution in [3.8, 4) is 0 Å². The van der Waals surface area contributed by atoms with Gasteiger partial charge in [0.05, 0.1) is 5.01 Å². The molecule has 0 spiro atoms. The number of benzene rings is 1. The lowest BCUT2D eigenvalue weighted by atomic mass is 10.1. The number of rotatable bonds is 4. The molecule has 0 aliphatic heterocycles. The average molecular weight is 274 g/mol. The topological polar surface area (TPSA) is 42.0 Å². The van der Waals surface area contributed by atoms with Gasteiger partial charge in [0.1, 0.15) is 0 Å². The van der Waals surface area contributed by atoms with Gasteiger partial charge < -0.3 is 5.32 Å². The highest BCUT2D eigenvalue weighted by molar-refractivity contribution is 7.11. The number of hydrogen-bond donors (Lipinski definition) is 1. The van der Waals surface area contributed by atoms with Crippen molar-refractivity contribution in [3.05, 3.63) is 51.0 Å². The average Bonchev–Trinajstić information content (AvgIpc) is 2.78. The molecule has 1 amide bonds. The van der Waals surface area contributed by atoms with Crippen molar-refractivity contribution in [2.45, 2.75) is 27.2 Å². The number of carbonyl (C=O) groups excluding carboxylic acids is 1. The molecule has 3 nitrogen and oxygen atoms in total. The SMILES string of the molecule is Cc1ncc(CCNC(=O)c2ccc(C)c(C)c2)s1. The molecule has 0 atom stereocenters. The summed E-state index contributed by atoms with van der Waals surface area (Å²) in [6, 6.07) is 5.78. The summed E-state index contributed by atoms with van der Waals surface area (Å²) in [6.45, 7) is 6.70. The van der Waals surface area contributed by atoms with Gasteiger partial charge in [0, 0.05) is 29.6 Å². The predicted molar refractivity (Wildman–Crippen MR) is 78.8 cm³/mol. The second kappa shape index (κ2) is 5.97. The van der Waals surface area contributed by atoms with Crippen molar-refractivity contribution in [1.29, 1.82) is 0 Å². The molecular formula is C15H18N2OS. The van der Waals surface area contributed by atoms with E-state index < -0.39 is 0 Å². The maximum atomic E-state index is 12.0. The summed E-state index contributed by atoms with van der Waals surface area (Å²) in [7, 11) is 0. The first-order chi connectivity index (χ1) is 9.06. The van der Waals surface area contributed by atoms with Gasteiger partial charge in [0.25, 0.3) is 5.91 Å². The number of aromatic nitrogens is 1. The number of nitrogens with one attached hydrogen (secondary N) is 1. The molecule has 1 heterocycles. The minimum Gasteiger partial charge on any atom is -0.352 e. The molecule has 0 aliphatic carbocycles. The number of thiazole rings is 1. The summed E-state index contributed by atoms with van der Waals surface area (Å²) >= 11 is 1.68. The summed E-state index contributed by atoms with van der Waals surface area (Å²) in [5, 5.41) is 4.01. The van der Waals surface area contributed by atoms with Crippen molar-refractivity contribution in [2.75, 3.05) is 6.54 Å². The van der Waals surface area contributed by atoms with E-state index in [1.54, 1.807) is 11.3 Å². The Labute approximate surface area is 117 Å². The molecule has 100 valence electrons. The van der Waals surface area contributed by atoms with Crippen LogP contribution in [0.3, 0.4) is 0 Å². The van der Waals surface area contributed by atoms with Crippen molar-refractivity contribution >= 4 is 17.2 Å². The lowest BCUT2D eigenvalue weighted by molar-refractivity contribution is 0.0954. The van der Waals surface area contributed by atoms with Gasteiger partial charge in [-0.2, -0.15) is 0 Å². The van der Waals surface area contributed by atoms with Gasteiger partial charge in [-0.25, -0.2) is 4.98 Å². The zero-order chi connectivity index (χ0) is 13.8. The van der Waals surface area contributed by atoms with E-state index in [9.17, 15) is 4.79 Å². The fourth-order valence-electron chi connectivity index (χ4n) is 1.80. The summed E-state index contributed by atoms with van der Waals surface area (Å²) in [6.07, 6.45) is 2.71. The van der Waals surface area contributed by atoms with Crippen LogP contribution >= 0.6 is 11.3 Å². The summed E-state index contributed by atoms with van der Waals surface area (Å²) < 4.78 is 0. The first-order valence-electron chi connectivity index (χ1n) is 6.33. The van der Waals surface area contributed by atoms with Crippen LogP contribution in [0.5, 0.6) is 0 Å². The summed E-state index contributed by atoms with van der Waals surface area (Å²) in [5.41, 5.74) is 3.08. The zero-order valence-electron chi connectivity index (χ0n) is 11.5. The van der Waals surface area contributed by atoms with Crippen LogP contribution < -0.4 is 5.32 Å². The van der Waals surface area contributed by atoms with E-state index in [2.05, 4.69) is 10.3 Å². The molecule has 2 aromatic rings. The molecule has 0 unspecified atom stereocenters. The highest BCUT2D eigenvalue weighted by Crippen LogP contribution is 2.12. The Balaban J connectivity index is 1.89. The Kier molecular flexibility index (Phi) is 4.32. The normalized spacial score (nSPS) is 10.5. The molecule has 0 bridgehead atoms. The zero-order valence-corrected chi connectivity index (χ0v) is 12.3. The molecule has 0 saturated carbocycles. The highest BCUT2D eigenvalue weighted by atomic mass is 32.1. The first kappa shape index (κ1) is 13.7. The largest absolute Gasteiger partial charge is 0.352 e. The third kappa shape index (κ3) is 3.64. The number of aryl methyl sites for hydroxylation is 3. The van der Waals surface area contributed by atoms with Crippen LogP contribution in [-0.2, 0) is 6.42 Å². The summed E-state index contributed by atoms with van der Waals surface area (Å²) in [5.74, 6) is -0.00987. The van der Waals surface area contributed by atoms with Crippen LogP contribution in [0.2, 0.25) is 0 Å². The van der Waals surface area contributed by atoms with E-state index in [4.69, 9.17) is 0 Å². The van der Waals surface area contributed by atoms with Crippen LogP contribution in [0.1, 0.15) is 31.4 Å². The van der Waals surface area contributed by atoms with Gasteiger partial charge >= 0.3 is 0 Å². The van der Waals surface area contributed by atoms with Gasteiger partial charge in [-0.1, -0.05) is 6.07 Å². The standard InChI is InChI=1S/C15H18N2OS/c1-10-4-5-13(8-11(10)2)15(18)16-7-6-14-9-17-12(3)19-14/h4-5,8-9H,6-7H2,1-3H3,(H,16,18). The fraction of sp³-hybridized carbons (Fsp3) is 0.333. The molecule has 19 heavy (non-hydrogen) atoms. The van der Waals surface area contributed by atoms with E-state index >= 15 is 0 Å². The molecule has 0 radical (unpaired) electrons. The fourth-order valence-corrected chi connectivity index (χ4v) is 2.60. The smallest absolute Gasteiger partial charge is 0.251 e. The molecule has 1 aromatic carbocycles. The van der Waals surface area contributed by atoms with E-state index in [1.165, 1.54) is 10.4 Å². The van der Waals surface area contributed by atoms with Crippen molar-refractivity contribution < 1.29 is 4.79 Å².